The summed E-state index contributed by atoms with van der Waals surface area (Å²) in [6.07, 6.45) is 0.684. The fourth-order valence-electron chi connectivity index (χ4n) is 2.02. The molecule has 0 aliphatic carbocycles. The molecule has 0 aromatic heterocycles. The minimum atomic E-state index is -0.383. The van der Waals surface area contributed by atoms with Crippen molar-refractivity contribution >= 4 is 5.91 Å². The highest BCUT2D eigenvalue weighted by molar-refractivity contribution is 5.96. The molecule has 1 aromatic carbocycles. The Balaban J connectivity index is 3.10. The van der Waals surface area contributed by atoms with Crippen LogP contribution < -0.4 is 25.3 Å². The van der Waals surface area contributed by atoms with Crippen LogP contribution in [0.25, 0.3) is 0 Å². The van der Waals surface area contributed by atoms with Crippen molar-refractivity contribution in [3.05, 3.63) is 17.7 Å². The van der Waals surface area contributed by atoms with E-state index in [9.17, 15) is 4.79 Å². The average Bonchev–Trinajstić information content (AvgIpc) is 2.44. The number of hydrogen-bond donors (Lipinski definition) is 2. The molecule has 0 heterocycles. The summed E-state index contributed by atoms with van der Waals surface area (Å²) < 4.78 is 15.7. The quantitative estimate of drug-likeness (QED) is 0.798. The SMILES string of the molecule is COc1cc(C(=O)NC(C)(C)CCN)cc(OC)c1OC. The second-order valence-corrected chi connectivity index (χ2v) is 5.29. The maximum absolute atomic E-state index is 12.4. The van der Waals surface area contributed by atoms with Gasteiger partial charge in [-0.2, -0.15) is 0 Å². The van der Waals surface area contributed by atoms with Crippen LogP contribution in [0.2, 0.25) is 0 Å². The maximum atomic E-state index is 12.4. The minimum Gasteiger partial charge on any atom is -0.493 e. The Hall–Kier alpha value is -1.95. The molecular formula is C15H24N2O4. The highest BCUT2D eigenvalue weighted by Gasteiger charge is 2.22. The summed E-state index contributed by atoms with van der Waals surface area (Å²) >= 11 is 0. The molecule has 1 rings (SSSR count). The topological polar surface area (TPSA) is 82.8 Å². The molecule has 6 nitrogen and oxygen atoms in total. The van der Waals surface area contributed by atoms with E-state index >= 15 is 0 Å². The lowest BCUT2D eigenvalue weighted by atomic mass is 10.00. The lowest BCUT2D eigenvalue weighted by molar-refractivity contribution is 0.0909. The molecule has 0 bridgehead atoms. The Labute approximate surface area is 125 Å². The number of benzene rings is 1. The van der Waals surface area contributed by atoms with Crippen LogP contribution in [0.3, 0.4) is 0 Å². The number of methoxy groups -OCH3 is 3. The highest BCUT2D eigenvalue weighted by atomic mass is 16.5. The van der Waals surface area contributed by atoms with Gasteiger partial charge in [-0.3, -0.25) is 4.79 Å². The van der Waals surface area contributed by atoms with Gasteiger partial charge in [-0.15, -0.1) is 0 Å². The van der Waals surface area contributed by atoms with Gasteiger partial charge in [0.15, 0.2) is 11.5 Å². The van der Waals surface area contributed by atoms with E-state index in [1.54, 1.807) is 12.1 Å². The second-order valence-electron chi connectivity index (χ2n) is 5.29. The van der Waals surface area contributed by atoms with Crippen molar-refractivity contribution in [1.82, 2.24) is 5.32 Å². The van der Waals surface area contributed by atoms with Gasteiger partial charge in [0.25, 0.3) is 5.91 Å². The molecule has 1 aromatic rings. The zero-order chi connectivity index (χ0) is 16.0. The van der Waals surface area contributed by atoms with Crippen LogP contribution >= 0.6 is 0 Å². The summed E-state index contributed by atoms with van der Waals surface area (Å²) in [7, 11) is 4.54. The molecule has 0 unspecified atom stereocenters. The molecule has 0 aliphatic heterocycles. The highest BCUT2D eigenvalue weighted by Crippen LogP contribution is 2.38. The summed E-state index contributed by atoms with van der Waals surface area (Å²) in [5.41, 5.74) is 5.61. The molecule has 21 heavy (non-hydrogen) atoms. The van der Waals surface area contributed by atoms with Crippen molar-refractivity contribution in [2.75, 3.05) is 27.9 Å². The second kappa shape index (κ2) is 7.17. The number of nitrogens with one attached hydrogen (secondary N) is 1. The van der Waals surface area contributed by atoms with E-state index in [1.807, 2.05) is 13.8 Å². The van der Waals surface area contributed by atoms with E-state index in [4.69, 9.17) is 19.9 Å². The lowest BCUT2D eigenvalue weighted by Gasteiger charge is -2.26. The number of amides is 1. The largest absolute Gasteiger partial charge is 0.493 e. The number of hydrogen-bond acceptors (Lipinski definition) is 5. The van der Waals surface area contributed by atoms with E-state index < -0.39 is 0 Å². The molecular weight excluding hydrogens is 272 g/mol. The summed E-state index contributed by atoms with van der Waals surface area (Å²) in [4.78, 5) is 12.4. The Morgan fingerprint density at radius 2 is 1.67 bits per heavy atom. The first-order chi connectivity index (χ1) is 9.88. The van der Waals surface area contributed by atoms with E-state index in [-0.39, 0.29) is 11.4 Å². The van der Waals surface area contributed by atoms with Crippen molar-refractivity contribution < 1.29 is 19.0 Å². The number of nitrogens with two attached hydrogens (primary N) is 1. The maximum Gasteiger partial charge on any atom is 0.251 e. The third-order valence-corrected chi connectivity index (χ3v) is 3.15. The minimum absolute atomic E-state index is 0.215. The predicted molar refractivity (Wildman–Crippen MR) is 81.3 cm³/mol. The Morgan fingerprint density at radius 1 is 1.14 bits per heavy atom. The van der Waals surface area contributed by atoms with Crippen LogP contribution in [0.4, 0.5) is 0 Å². The fraction of sp³-hybridized carbons (Fsp3) is 0.533. The van der Waals surface area contributed by atoms with Gasteiger partial charge in [0, 0.05) is 11.1 Å². The molecule has 3 N–H and O–H groups in total. The third-order valence-electron chi connectivity index (χ3n) is 3.15. The van der Waals surface area contributed by atoms with E-state index in [0.29, 0.717) is 35.8 Å². The molecule has 118 valence electrons. The number of carbonyl (C=O) groups excluding carboxylic acids is 1. The molecule has 0 saturated carbocycles. The first-order valence-electron chi connectivity index (χ1n) is 6.71. The van der Waals surface area contributed by atoms with Crippen LogP contribution in [0, 0.1) is 0 Å². The standard InChI is InChI=1S/C15H24N2O4/c1-15(2,6-7-16)17-14(18)10-8-11(19-3)13(21-5)12(9-10)20-4/h8-9H,6-7,16H2,1-5H3,(H,17,18). The van der Waals surface area contributed by atoms with Crippen molar-refractivity contribution in [3.8, 4) is 17.2 Å². The van der Waals surface area contributed by atoms with Gasteiger partial charge in [0.2, 0.25) is 5.75 Å². The number of ether oxygens (including phenoxy) is 3. The third kappa shape index (κ3) is 4.26. The summed E-state index contributed by atoms with van der Waals surface area (Å²) in [5.74, 6) is 1.13. The molecule has 0 atom stereocenters. The summed E-state index contributed by atoms with van der Waals surface area (Å²) in [5, 5.41) is 2.94. The Bertz CT molecular complexity index is 475. The van der Waals surface area contributed by atoms with Gasteiger partial charge < -0.3 is 25.3 Å². The van der Waals surface area contributed by atoms with Crippen LogP contribution in [0.5, 0.6) is 17.2 Å². The summed E-state index contributed by atoms with van der Waals surface area (Å²) in [6.45, 7) is 4.36. The van der Waals surface area contributed by atoms with E-state index in [1.165, 1.54) is 21.3 Å². The van der Waals surface area contributed by atoms with Gasteiger partial charge in [-0.25, -0.2) is 0 Å². The lowest BCUT2D eigenvalue weighted by Crippen LogP contribution is -2.44. The van der Waals surface area contributed by atoms with Crippen molar-refractivity contribution in [3.63, 3.8) is 0 Å². The van der Waals surface area contributed by atoms with E-state index in [2.05, 4.69) is 5.32 Å². The van der Waals surface area contributed by atoms with Crippen LogP contribution in [0.15, 0.2) is 12.1 Å². The normalized spacial score (nSPS) is 11.0. The van der Waals surface area contributed by atoms with Crippen LogP contribution in [0.1, 0.15) is 30.6 Å². The van der Waals surface area contributed by atoms with E-state index in [0.717, 1.165) is 0 Å². The first-order valence-corrected chi connectivity index (χ1v) is 6.71. The zero-order valence-electron chi connectivity index (χ0n) is 13.3. The molecule has 0 fully saturated rings. The van der Waals surface area contributed by atoms with Crippen LogP contribution in [-0.2, 0) is 0 Å². The van der Waals surface area contributed by atoms with Gasteiger partial charge in [0.1, 0.15) is 0 Å². The zero-order valence-corrected chi connectivity index (χ0v) is 13.3. The van der Waals surface area contributed by atoms with Crippen molar-refractivity contribution in [2.45, 2.75) is 25.8 Å². The Kier molecular flexibility index (Phi) is 5.84. The molecule has 6 heteroatoms. The first kappa shape index (κ1) is 17.1. The predicted octanol–water partition coefficient (Wildman–Crippen LogP) is 1.57. The van der Waals surface area contributed by atoms with Gasteiger partial charge >= 0.3 is 0 Å². The van der Waals surface area contributed by atoms with Crippen molar-refractivity contribution in [2.24, 2.45) is 5.73 Å². The average molecular weight is 296 g/mol. The molecule has 1 amide bonds. The molecule has 0 spiro atoms. The Morgan fingerprint density at radius 3 is 2.05 bits per heavy atom. The molecule has 0 radical (unpaired) electrons. The summed E-state index contributed by atoms with van der Waals surface area (Å²) in [6, 6.07) is 3.24. The van der Waals surface area contributed by atoms with Gasteiger partial charge in [-0.05, 0) is 38.9 Å². The van der Waals surface area contributed by atoms with Crippen LogP contribution in [-0.4, -0.2) is 39.3 Å². The fourth-order valence-corrected chi connectivity index (χ4v) is 2.02. The number of carbonyl (C=O) groups is 1. The molecule has 0 aliphatic rings. The van der Waals surface area contributed by atoms with Crippen molar-refractivity contribution in [1.29, 1.82) is 0 Å². The molecule has 0 saturated heterocycles. The number of rotatable bonds is 7. The van der Waals surface area contributed by atoms with Gasteiger partial charge in [-0.1, -0.05) is 0 Å². The smallest absolute Gasteiger partial charge is 0.251 e. The van der Waals surface area contributed by atoms with Gasteiger partial charge in [0.05, 0.1) is 21.3 Å². The monoisotopic (exact) mass is 296 g/mol.